The van der Waals surface area contributed by atoms with Gasteiger partial charge in [0, 0.05) is 0 Å². The zero-order chi connectivity index (χ0) is 25.7. The molecule has 8 nitrogen and oxygen atoms in total. The molecule has 0 amide bonds. The molecule has 0 saturated carbocycles. The van der Waals surface area contributed by atoms with Gasteiger partial charge in [-0.15, -0.1) is 0 Å². The van der Waals surface area contributed by atoms with Crippen LogP contribution in [-0.2, 0) is 0 Å². The van der Waals surface area contributed by atoms with Crippen molar-refractivity contribution in [1.82, 2.24) is 0 Å². The summed E-state index contributed by atoms with van der Waals surface area (Å²) in [5.41, 5.74) is -0.0755. The van der Waals surface area contributed by atoms with Gasteiger partial charge in [0.25, 0.3) is 0 Å². The molecule has 5 aromatic rings. The molecule has 0 unspecified atom stereocenters. The van der Waals surface area contributed by atoms with E-state index < -0.39 is 28.7 Å². The number of hydrogen-bond acceptors (Lipinski definition) is 8. The Kier molecular flexibility index (Phi) is 5.44. The second kappa shape index (κ2) is 8.49. The molecular formula is C28H22O8. The van der Waals surface area contributed by atoms with Crippen molar-refractivity contribution in [1.29, 1.82) is 0 Å². The average Bonchev–Trinajstić information content (AvgIpc) is 2.83. The highest BCUT2D eigenvalue weighted by molar-refractivity contribution is 5.87. The maximum Gasteiger partial charge on any atom is 0.344 e. The van der Waals surface area contributed by atoms with Crippen molar-refractivity contribution in [3.63, 3.8) is 0 Å². The van der Waals surface area contributed by atoms with Gasteiger partial charge in [-0.3, -0.25) is 0 Å². The topological polar surface area (TPSA) is 130 Å². The van der Waals surface area contributed by atoms with Crippen LogP contribution in [0.1, 0.15) is 33.7 Å². The number of benzene rings is 3. The summed E-state index contributed by atoms with van der Waals surface area (Å²) in [4.78, 5) is 26.6. The number of phenolic OH excluding ortho intramolecular Hbond substituents is 1. The monoisotopic (exact) mass is 486 g/mol. The Labute approximate surface area is 204 Å². The van der Waals surface area contributed by atoms with Gasteiger partial charge in [-0.05, 0) is 66.9 Å². The van der Waals surface area contributed by atoms with E-state index in [0.717, 1.165) is 11.1 Å². The summed E-state index contributed by atoms with van der Waals surface area (Å²) in [7, 11) is 1.35. The normalized spacial score (nSPS) is 11.4. The number of methoxy groups -OCH3 is 1. The minimum absolute atomic E-state index is 0.0677. The second-order valence-electron chi connectivity index (χ2n) is 8.67. The highest BCUT2D eigenvalue weighted by atomic mass is 16.5. The van der Waals surface area contributed by atoms with Crippen molar-refractivity contribution in [3.05, 3.63) is 103 Å². The van der Waals surface area contributed by atoms with E-state index in [2.05, 4.69) is 0 Å². The predicted octanol–water partition coefficient (Wildman–Crippen LogP) is 4.82. The number of rotatable bonds is 4. The molecule has 2 heterocycles. The van der Waals surface area contributed by atoms with Gasteiger partial charge in [0.2, 0.25) is 0 Å². The molecule has 0 aliphatic heterocycles. The van der Waals surface area contributed by atoms with E-state index >= 15 is 0 Å². The number of aromatic hydroxyl groups is 3. The lowest BCUT2D eigenvalue weighted by Crippen LogP contribution is -2.21. The third-order valence-corrected chi connectivity index (χ3v) is 6.25. The number of ether oxygens (including phenoxy) is 1. The summed E-state index contributed by atoms with van der Waals surface area (Å²) in [6.45, 7) is 3.63. The molecule has 0 saturated heterocycles. The maximum absolute atomic E-state index is 13.3. The second-order valence-corrected chi connectivity index (χ2v) is 8.67. The van der Waals surface area contributed by atoms with Crippen LogP contribution in [0, 0.1) is 13.8 Å². The first-order chi connectivity index (χ1) is 17.2. The van der Waals surface area contributed by atoms with Crippen LogP contribution in [0.5, 0.6) is 23.0 Å². The molecule has 0 aliphatic carbocycles. The molecule has 0 aliphatic rings. The summed E-state index contributed by atoms with van der Waals surface area (Å²) in [5, 5.41) is 33.2. The van der Waals surface area contributed by atoms with E-state index in [4.69, 9.17) is 13.6 Å². The SMILES string of the molecule is COc1cc(C(c2c(O)c3ccc(C)cc3oc2=O)c2c(O)c3ccc(C)cc3oc2=O)ccc1O. The van der Waals surface area contributed by atoms with E-state index in [1.807, 2.05) is 13.8 Å². The quantitative estimate of drug-likeness (QED) is 0.308. The van der Waals surface area contributed by atoms with Crippen molar-refractivity contribution < 1.29 is 28.9 Å². The van der Waals surface area contributed by atoms with Crippen LogP contribution in [0.3, 0.4) is 0 Å². The van der Waals surface area contributed by atoms with E-state index in [9.17, 15) is 24.9 Å². The maximum atomic E-state index is 13.3. The van der Waals surface area contributed by atoms with Crippen LogP contribution in [0.25, 0.3) is 21.9 Å². The van der Waals surface area contributed by atoms with Crippen LogP contribution in [0.15, 0.2) is 73.0 Å². The number of phenols is 1. The number of aryl methyl sites for hydroxylation is 2. The molecule has 3 N–H and O–H groups in total. The first-order valence-corrected chi connectivity index (χ1v) is 11.1. The van der Waals surface area contributed by atoms with E-state index in [1.165, 1.54) is 25.3 Å². The Morgan fingerprint density at radius 2 is 1.22 bits per heavy atom. The third kappa shape index (κ3) is 3.63. The van der Waals surface area contributed by atoms with Crippen molar-refractivity contribution in [3.8, 4) is 23.0 Å². The molecule has 3 aromatic carbocycles. The van der Waals surface area contributed by atoms with Gasteiger partial charge in [0.1, 0.15) is 22.7 Å². The zero-order valence-corrected chi connectivity index (χ0v) is 19.7. The van der Waals surface area contributed by atoms with Gasteiger partial charge < -0.3 is 28.9 Å². The van der Waals surface area contributed by atoms with Crippen molar-refractivity contribution in [2.75, 3.05) is 7.11 Å². The molecular weight excluding hydrogens is 464 g/mol. The molecule has 182 valence electrons. The van der Waals surface area contributed by atoms with E-state index in [1.54, 1.807) is 36.4 Å². The first kappa shape index (κ1) is 23.0. The molecule has 0 spiro atoms. The minimum Gasteiger partial charge on any atom is -0.507 e. The lowest BCUT2D eigenvalue weighted by molar-refractivity contribution is 0.372. The molecule has 0 radical (unpaired) electrons. The highest BCUT2D eigenvalue weighted by Crippen LogP contribution is 2.43. The van der Waals surface area contributed by atoms with Crippen LogP contribution in [0.2, 0.25) is 0 Å². The smallest absolute Gasteiger partial charge is 0.344 e. The summed E-state index contributed by atoms with van der Waals surface area (Å²) in [5.74, 6) is -2.22. The molecule has 36 heavy (non-hydrogen) atoms. The average molecular weight is 486 g/mol. The number of hydrogen-bond donors (Lipinski definition) is 3. The van der Waals surface area contributed by atoms with Crippen molar-refractivity contribution >= 4 is 21.9 Å². The Bertz CT molecular complexity index is 1670. The Hall–Kier alpha value is -4.72. The fraction of sp³-hybridized carbons (Fsp3) is 0.143. The standard InChI is InChI=1S/C28H22O8/c1-13-4-7-16-19(10-13)35-27(32)23(25(16)30)22(15-6-9-18(29)21(12-15)34-3)24-26(31)17-8-5-14(2)11-20(17)36-28(24)33/h4-12,22,29-31H,1-3H3. The third-order valence-electron chi connectivity index (χ3n) is 6.25. The molecule has 8 heteroatoms. The highest BCUT2D eigenvalue weighted by Gasteiger charge is 2.33. The Balaban J connectivity index is 1.91. The van der Waals surface area contributed by atoms with Gasteiger partial charge in [-0.1, -0.05) is 18.2 Å². The molecule has 2 aromatic heterocycles. The lowest BCUT2D eigenvalue weighted by atomic mass is 9.84. The summed E-state index contributed by atoms with van der Waals surface area (Å²) < 4.78 is 16.3. The van der Waals surface area contributed by atoms with Crippen LogP contribution >= 0.6 is 0 Å². The fourth-order valence-corrected chi connectivity index (χ4v) is 4.47. The largest absolute Gasteiger partial charge is 0.507 e. The lowest BCUT2D eigenvalue weighted by Gasteiger charge is -2.20. The summed E-state index contributed by atoms with van der Waals surface area (Å²) in [6.07, 6.45) is 0. The fourth-order valence-electron chi connectivity index (χ4n) is 4.47. The minimum atomic E-state index is -1.32. The van der Waals surface area contributed by atoms with E-state index in [0.29, 0.717) is 0 Å². The number of fused-ring (bicyclic) bond motifs is 2. The van der Waals surface area contributed by atoms with Crippen molar-refractivity contribution in [2.45, 2.75) is 19.8 Å². The Morgan fingerprint density at radius 3 is 1.69 bits per heavy atom. The van der Waals surface area contributed by atoms with Crippen molar-refractivity contribution in [2.24, 2.45) is 0 Å². The zero-order valence-electron chi connectivity index (χ0n) is 19.7. The summed E-state index contributed by atoms with van der Waals surface area (Å²) >= 11 is 0. The van der Waals surface area contributed by atoms with Gasteiger partial charge in [0.05, 0.1) is 34.9 Å². The van der Waals surface area contributed by atoms with Crippen LogP contribution < -0.4 is 16.0 Å². The summed E-state index contributed by atoms with van der Waals surface area (Å²) in [6, 6.07) is 14.1. The van der Waals surface area contributed by atoms with Gasteiger partial charge in [-0.25, -0.2) is 9.59 Å². The molecule has 0 bridgehead atoms. The van der Waals surface area contributed by atoms with Gasteiger partial charge >= 0.3 is 11.3 Å². The van der Waals surface area contributed by atoms with Crippen LogP contribution in [0.4, 0.5) is 0 Å². The van der Waals surface area contributed by atoms with Gasteiger partial charge in [0.15, 0.2) is 11.5 Å². The molecule has 0 fully saturated rings. The van der Waals surface area contributed by atoms with Crippen LogP contribution in [-0.4, -0.2) is 22.4 Å². The molecule has 5 rings (SSSR count). The Morgan fingerprint density at radius 1 is 0.722 bits per heavy atom. The van der Waals surface area contributed by atoms with Gasteiger partial charge in [-0.2, -0.15) is 0 Å². The predicted molar refractivity (Wildman–Crippen MR) is 133 cm³/mol. The molecule has 0 atom stereocenters. The first-order valence-electron chi connectivity index (χ1n) is 11.1. The van der Waals surface area contributed by atoms with E-state index in [-0.39, 0.29) is 50.1 Å².